The highest BCUT2D eigenvalue weighted by atomic mass is 32.2. The van der Waals surface area contributed by atoms with Crippen LogP contribution < -0.4 is 0 Å². The summed E-state index contributed by atoms with van der Waals surface area (Å²) in [6, 6.07) is 15.3. The monoisotopic (exact) mass is 378 g/mol. The van der Waals surface area contributed by atoms with E-state index in [9.17, 15) is 8.42 Å². The summed E-state index contributed by atoms with van der Waals surface area (Å²) in [5.41, 5.74) is 3.26. The number of sulfonamides is 1. The molecule has 3 rings (SSSR count). The second kappa shape index (κ2) is 7.31. The first-order valence-electron chi connectivity index (χ1n) is 7.40. The molecule has 0 bridgehead atoms. The highest BCUT2D eigenvalue weighted by molar-refractivity contribution is 8.38. The molecule has 0 atom stereocenters. The zero-order valence-electron chi connectivity index (χ0n) is 13.5. The molecule has 24 heavy (non-hydrogen) atoms. The molecule has 0 fully saturated rings. The van der Waals surface area contributed by atoms with Crippen LogP contribution >= 0.6 is 23.5 Å². The van der Waals surface area contributed by atoms with Gasteiger partial charge in [0.05, 0.1) is 10.6 Å². The van der Waals surface area contributed by atoms with Gasteiger partial charge in [0.1, 0.15) is 4.38 Å². The van der Waals surface area contributed by atoms with Crippen molar-refractivity contribution in [1.29, 1.82) is 0 Å². The summed E-state index contributed by atoms with van der Waals surface area (Å²) < 4.78 is 26.7. The van der Waals surface area contributed by atoms with Crippen molar-refractivity contribution in [3.8, 4) is 0 Å². The van der Waals surface area contributed by atoms with Gasteiger partial charge >= 0.3 is 0 Å². The van der Waals surface area contributed by atoms with Crippen LogP contribution in [0, 0.1) is 0 Å². The van der Waals surface area contributed by atoms with Gasteiger partial charge in [-0.2, -0.15) is 0 Å². The Morgan fingerprint density at radius 1 is 1.17 bits per heavy atom. The number of rotatable bonds is 4. The molecule has 2 aromatic rings. The second-order valence-electron chi connectivity index (χ2n) is 5.52. The molecule has 0 unspecified atom stereocenters. The molecule has 0 spiro atoms. The Bertz CT molecular complexity index is 877. The van der Waals surface area contributed by atoms with Crippen LogP contribution in [0.15, 0.2) is 58.4 Å². The maximum atomic E-state index is 12.2. The number of thioether (sulfide) groups is 2. The van der Waals surface area contributed by atoms with E-state index in [1.54, 1.807) is 55.8 Å². The highest BCUT2D eigenvalue weighted by Gasteiger charge is 2.18. The van der Waals surface area contributed by atoms with E-state index in [-0.39, 0.29) is 0 Å². The van der Waals surface area contributed by atoms with Crippen LogP contribution in [0.25, 0.3) is 0 Å². The molecular formula is C17H18N2O2S3. The van der Waals surface area contributed by atoms with Crippen LogP contribution in [-0.2, 0) is 21.5 Å². The van der Waals surface area contributed by atoms with Gasteiger partial charge in [-0.05, 0) is 29.3 Å². The number of nitrogens with zero attached hydrogens (tertiary/aromatic N) is 2. The third-order valence-electron chi connectivity index (χ3n) is 3.59. The second-order valence-corrected chi connectivity index (χ2v) is 9.86. The van der Waals surface area contributed by atoms with Crippen LogP contribution in [0.3, 0.4) is 0 Å². The summed E-state index contributed by atoms with van der Waals surface area (Å²) in [5, 5.41) is 0. The fraction of sp³-hybridized carbons (Fsp3) is 0.235. The maximum absolute atomic E-state index is 12.2. The molecule has 7 heteroatoms. The molecule has 1 aliphatic rings. The zero-order valence-corrected chi connectivity index (χ0v) is 15.9. The zero-order chi connectivity index (χ0) is 17.2. The lowest BCUT2D eigenvalue weighted by Gasteiger charge is -2.15. The van der Waals surface area contributed by atoms with Gasteiger partial charge in [-0.1, -0.05) is 53.9 Å². The van der Waals surface area contributed by atoms with Gasteiger partial charge in [0.15, 0.2) is 0 Å². The standard InChI is InChI=1S/C17H18N2O2S3/c1-19(2)24(20,21)15-8-5-6-13(10-15)11-22-17-18-16-9-4-3-7-14(16)12-23-17/h3-10H,11-12H2,1-2H3. The SMILES string of the molecule is CN(C)S(=O)(=O)c1cccc(CSC2=Nc3ccccc3CS2)c1. The van der Waals surface area contributed by atoms with Crippen molar-refractivity contribution in [3.05, 3.63) is 59.7 Å². The predicted octanol–water partition coefficient (Wildman–Crippen LogP) is 4.10. The van der Waals surface area contributed by atoms with Crippen molar-refractivity contribution in [2.45, 2.75) is 16.4 Å². The molecule has 0 N–H and O–H groups in total. The third-order valence-corrected chi connectivity index (χ3v) is 7.72. The van der Waals surface area contributed by atoms with E-state index in [4.69, 9.17) is 0 Å². The third kappa shape index (κ3) is 3.85. The van der Waals surface area contributed by atoms with Crippen molar-refractivity contribution in [2.75, 3.05) is 14.1 Å². The van der Waals surface area contributed by atoms with Crippen LogP contribution in [0.4, 0.5) is 5.69 Å². The highest BCUT2D eigenvalue weighted by Crippen LogP contribution is 2.35. The average Bonchev–Trinajstić information content (AvgIpc) is 2.60. The number of hydrogen-bond acceptors (Lipinski definition) is 5. The molecule has 0 aromatic heterocycles. The minimum atomic E-state index is -3.39. The lowest BCUT2D eigenvalue weighted by atomic mass is 10.2. The van der Waals surface area contributed by atoms with Gasteiger partial charge in [0.25, 0.3) is 0 Å². The van der Waals surface area contributed by atoms with Crippen LogP contribution in [0.2, 0.25) is 0 Å². The number of aliphatic imine (C=N–C) groups is 1. The molecule has 1 aliphatic heterocycles. The minimum Gasteiger partial charge on any atom is -0.235 e. The Balaban J connectivity index is 1.73. The quantitative estimate of drug-likeness (QED) is 0.803. The summed E-state index contributed by atoms with van der Waals surface area (Å²) in [6.45, 7) is 0. The van der Waals surface area contributed by atoms with E-state index in [2.05, 4.69) is 11.1 Å². The normalized spacial score (nSPS) is 14.4. The van der Waals surface area contributed by atoms with Crippen LogP contribution in [-0.4, -0.2) is 31.2 Å². The van der Waals surface area contributed by atoms with Crippen molar-refractivity contribution in [1.82, 2.24) is 4.31 Å². The van der Waals surface area contributed by atoms with Crippen LogP contribution in [0.1, 0.15) is 11.1 Å². The molecule has 0 amide bonds. The van der Waals surface area contributed by atoms with E-state index in [0.717, 1.165) is 21.4 Å². The summed E-state index contributed by atoms with van der Waals surface area (Å²) in [4.78, 5) is 5.00. The Hall–Kier alpha value is -1.28. The lowest BCUT2D eigenvalue weighted by molar-refractivity contribution is 0.520. The van der Waals surface area contributed by atoms with E-state index >= 15 is 0 Å². The predicted molar refractivity (Wildman–Crippen MR) is 103 cm³/mol. The molecule has 0 saturated carbocycles. The molecule has 0 radical (unpaired) electrons. The van der Waals surface area contributed by atoms with Gasteiger partial charge in [0.2, 0.25) is 10.0 Å². The summed E-state index contributed by atoms with van der Waals surface area (Å²) in [5.74, 6) is 1.63. The van der Waals surface area contributed by atoms with Crippen molar-refractivity contribution < 1.29 is 8.42 Å². The molecule has 1 heterocycles. The largest absolute Gasteiger partial charge is 0.242 e. The van der Waals surface area contributed by atoms with Gasteiger partial charge in [-0.3, -0.25) is 0 Å². The molecule has 0 saturated heterocycles. The van der Waals surface area contributed by atoms with Gasteiger partial charge in [-0.15, -0.1) is 0 Å². The lowest BCUT2D eigenvalue weighted by Crippen LogP contribution is -2.22. The van der Waals surface area contributed by atoms with Gasteiger partial charge in [0, 0.05) is 25.6 Å². The fourth-order valence-electron chi connectivity index (χ4n) is 2.24. The van der Waals surface area contributed by atoms with Gasteiger partial charge in [-0.25, -0.2) is 17.7 Å². The fourth-order valence-corrected chi connectivity index (χ4v) is 5.22. The summed E-state index contributed by atoms with van der Waals surface area (Å²) in [6.07, 6.45) is 0. The number of benzene rings is 2. The molecule has 126 valence electrons. The Kier molecular flexibility index (Phi) is 5.34. The first kappa shape index (κ1) is 17.5. The number of hydrogen-bond donors (Lipinski definition) is 0. The Morgan fingerprint density at radius 2 is 1.96 bits per heavy atom. The molecule has 4 nitrogen and oxygen atoms in total. The molecule has 0 aliphatic carbocycles. The van der Waals surface area contributed by atoms with Crippen molar-refractivity contribution >= 4 is 43.6 Å². The minimum absolute atomic E-state index is 0.328. The first-order valence-corrected chi connectivity index (χ1v) is 10.8. The smallest absolute Gasteiger partial charge is 0.235 e. The molecule has 2 aromatic carbocycles. The number of para-hydroxylation sites is 1. The van der Waals surface area contributed by atoms with E-state index in [0.29, 0.717) is 10.6 Å². The Labute approximate surface area is 151 Å². The number of fused-ring (bicyclic) bond motifs is 1. The van der Waals surface area contributed by atoms with Crippen molar-refractivity contribution in [3.63, 3.8) is 0 Å². The van der Waals surface area contributed by atoms with Gasteiger partial charge < -0.3 is 0 Å². The van der Waals surface area contributed by atoms with Crippen molar-refractivity contribution in [2.24, 2.45) is 4.99 Å². The average molecular weight is 379 g/mol. The van der Waals surface area contributed by atoms with Crippen LogP contribution in [0.5, 0.6) is 0 Å². The van der Waals surface area contributed by atoms with E-state index < -0.39 is 10.0 Å². The first-order chi connectivity index (χ1) is 11.5. The summed E-state index contributed by atoms with van der Waals surface area (Å²) in [7, 11) is -0.307. The summed E-state index contributed by atoms with van der Waals surface area (Å²) >= 11 is 3.37. The van der Waals surface area contributed by atoms with E-state index in [1.165, 1.54) is 9.87 Å². The van der Waals surface area contributed by atoms with E-state index in [1.807, 2.05) is 24.3 Å². The topological polar surface area (TPSA) is 49.7 Å². The molecular weight excluding hydrogens is 360 g/mol. The maximum Gasteiger partial charge on any atom is 0.242 e. The Morgan fingerprint density at radius 3 is 2.75 bits per heavy atom.